The van der Waals surface area contributed by atoms with Crippen LogP contribution in [-0.2, 0) is 20.7 Å². The molecule has 2 fully saturated rings. The highest BCUT2D eigenvalue weighted by molar-refractivity contribution is 9.10. The first kappa shape index (κ1) is 37.2. The Bertz CT molecular complexity index is 2280. The summed E-state index contributed by atoms with van der Waals surface area (Å²) in [5, 5.41) is 13.0. The number of imide groups is 1. The van der Waals surface area contributed by atoms with Crippen molar-refractivity contribution in [2.24, 2.45) is 0 Å². The summed E-state index contributed by atoms with van der Waals surface area (Å²) in [6.07, 6.45) is 5.71. The van der Waals surface area contributed by atoms with Crippen molar-refractivity contribution in [3.63, 3.8) is 0 Å². The Kier molecular flexibility index (Phi) is 10.8. The highest BCUT2D eigenvalue weighted by Gasteiger charge is 2.27. The van der Waals surface area contributed by atoms with Crippen molar-refractivity contribution in [2.45, 2.75) is 32.4 Å². The number of aromatic nitrogens is 4. The molecule has 1 atom stereocenters. The van der Waals surface area contributed by atoms with Crippen molar-refractivity contribution >= 4 is 85.7 Å². The molecule has 0 bridgehead atoms. The Morgan fingerprint density at radius 3 is 2.54 bits per heavy atom. The molecule has 7 rings (SSSR count). The number of carbonyl (C=O) groups is 2. The lowest BCUT2D eigenvalue weighted by atomic mass is 10.1. The first-order valence-electron chi connectivity index (χ1n) is 17.7. The zero-order valence-electron chi connectivity index (χ0n) is 30.5. The fraction of sp³-hybridized carbons (Fsp3) is 0.316. The van der Waals surface area contributed by atoms with Gasteiger partial charge >= 0.3 is 0 Å². The normalized spacial score (nSPS) is 16.6. The number of hydrogen-bond donors (Lipinski definition) is 4. The number of carbonyl (C=O) groups excluding carboxylic acids is 2. The third kappa shape index (κ3) is 8.33. The predicted octanol–water partition coefficient (Wildman–Crippen LogP) is 5.77. The molecule has 0 aliphatic carbocycles. The molecular weight excluding hydrogens is 771 g/mol. The number of piperazine rings is 1. The van der Waals surface area contributed by atoms with E-state index in [9.17, 15) is 14.2 Å². The zero-order chi connectivity index (χ0) is 38.0. The highest BCUT2D eigenvalue weighted by Crippen LogP contribution is 2.41. The topological polar surface area (TPSA) is 167 Å². The number of rotatable bonds is 11. The molecule has 2 aromatic heterocycles. The van der Waals surface area contributed by atoms with Gasteiger partial charge in [0.15, 0.2) is 0 Å². The average Bonchev–Trinajstić information content (AvgIpc) is 3.14. The van der Waals surface area contributed by atoms with Crippen LogP contribution >= 0.6 is 23.1 Å². The number of hydrogen-bond acceptors (Lipinski definition) is 13. The van der Waals surface area contributed by atoms with E-state index in [2.05, 4.69) is 87.1 Å². The molecule has 0 radical (unpaired) electrons. The van der Waals surface area contributed by atoms with Crippen LogP contribution in [0.1, 0.15) is 24.0 Å². The second-order valence-electron chi connectivity index (χ2n) is 13.8. The van der Waals surface area contributed by atoms with Gasteiger partial charge in [0, 0.05) is 75.2 Å². The third-order valence-electron chi connectivity index (χ3n) is 9.54. The summed E-state index contributed by atoms with van der Waals surface area (Å²) in [7, 11) is -1.12. The largest absolute Gasteiger partial charge is 0.494 e. The average molecular weight is 814 g/mol. The van der Waals surface area contributed by atoms with Crippen LogP contribution in [0, 0.1) is 6.92 Å². The van der Waals surface area contributed by atoms with Crippen LogP contribution in [0.25, 0.3) is 11.0 Å². The number of methoxy groups -OCH3 is 1. The summed E-state index contributed by atoms with van der Waals surface area (Å²) in [4.78, 5) is 46.7. The van der Waals surface area contributed by atoms with Crippen molar-refractivity contribution < 1.29 is 18.9 Å². The molecule has 2 amide bonds. The van der Waals surface area contributed by atoms with Gasteiger partial charge in [-0.05, 0) is 84.1 Å². The standard InChI is InChI=1S/C38H42BrN10O4P/c1-23-18-30(45-38-42-21-26(39)36(47-38)44-28-9-8-27-34(41-13-12-40-27)35(28)54(3,4)52)32(53-2)20-31(23)49-16-14-48(15-17-49)22-24-6-5-7-25(19-24)43-29-10-11-33(50)46-37(29)51/h5-9,12-13,18-21,29,43H,10-11,14-17,22H2,1-4H3,(H,46,50,51)(H2,42,44,45,47). The monoisotopic (exact) mass is 812 g/mol. The second-order valence-corrected chi connectivity index (χ2v) is 17.8. The van der Waals surface area contributed by atoms with Gasteiger partial charge in [0.25, 0.3) is 0 Å². The molecule has 280 valence electrons. The van der Waals surface area contributed by atoms with Crippen LogP contribution < -0.4 is 36.2 Å². The van der Waals surface area contributed by atoms with Gasteiger partial charge in [-0.25, -0.2) is 4.98 Å². The summed E-state index contributed by atoms with van der Waals surface area (Å²) in [6.45, 7) is 9.77. The minimum absolute atomic E-state index is 0.220. The Morgan fingerprint density at radius 2 is 1.78 bits per heavy atom. The number of anilines is 6. The van der Waals surface area contributed by atoms with E-state index in [4.69, 9.17) is 9.72 Å². The third-order valence-corrected chi connectivity index (χ3v) is 11.7. The SMILES string of the molecule is COc1cc(N2CCN(Cc3cccc(NC4CCC(=O)NC4=O)c3)CC2)c(C)cc1Nc1ncc(Br)c(Nc2ccc3nccnc3c2P(C)(C)=O)n1. The Labute approximate surface area is 322 Å². The first-order chi connectivity index (χ1) is 25.9. The Hall–Kier alpha value is -5.11. The molecule has 4 heterocycles. The molecule has 0 spiro atoms. The van der Waals surface area contributed by atoms with Gasteiger partial charge in [0.1, 0.15) is 30.3 Å². The van der Waals surface area contributed by atoms with Gasteiger partial charge in [-0.3, -0.25) is 29.8 Å². The smallest absolute Gasteiger partial charge is 0.249 e. The van der Waals surface area contributed by atoms with Crippen LogP contribution in [0.5, 0.6) is 5.75 Å². The summed E-state index contributed by atoms with van der Waals surface area (Å²) >= 11 is 3.57. The molecule has 5 aromatic rings. The molecule has 16 heteroatoms. The first-order valence-corrected chi connectivity index (χ1v) is 21.1. The van der Waals surface area contributed by atoms with E-state index in [1.165, 1.54) is 0 Å². The van der Waals surface area contributed by atoms with Crippen LogP contribution in [0.15, 0.2) is 71.6 Å². The van der Waals surface area contributed by atoms with Crippen molar-refractivity contribution in [1.29, 1.82) is 0 Å². The van der Waals surface area contributed by atoms with Crippen molar-refractivity contribution in [2.75, 3.05) is 67.5 Å². The van der Waals surface area contributed by atoms with Gasteiger partial charge in [-0.1, -0.05) is 12.1 Å². The summed E-state index contributed by atoms with van der Waals surface area (Å²) in [6, 6.07) is 15.5. The second kappa shape index (κ2) is 15.7. The summed E-state index contributed by atoms with van der Waals surface area (Å²) < 4.78 is 19.9. The van der Waals surface area contributed by atoms with E-state index >= 15 is 0 Å². The molecule has 2 saturated heterocycles. The van der Waals surface area contributed by atoms with E-state index in [0.717, 1.165) is 60.9 Å². The Morgan fingerprint density at radius 1 is 0.981 bits per heavy atom. The maximum atomic E-state index is 13.4. The van der Waals surface area contributed by atoms with Crippen LogP contribution in [0.2, 0.25) is 0 Å². The lowest BCUT2D eigenvalue weighted by molar-refractivity contribution is -0.133. The number of fused-ring (bicyclic) bond motifs is 1. The van der Waals surface area contributed by atoms with E-state index in [1.54, 1.807) is 39.0 Å². The quantitative estimate of drug-likeness (QED) is 0.0939. The van der Waals surface area contributed by atoms with Crippen LogP contribution in [0.3, 0.4) is 0 Å². The zero-order valence-corrected chi connectivity index (χ0v) is 33.0. The minimum Gasteiger partial charge on any atom is -0.494 e. The lowest BCUT2D eigenvalue weighted by Crippen LogP contribution is -2.47. The molecule has 0 saturated carbocycles. The van der Waals surface area contributed by atoms with Gasteiger partial charge in [-0.2, -0.15) is 4.98 Å². The minimum atomic E-state index is -2.77. The molecule has 4 N–H and O–H groups in total. The summed E-state index contributed by atoms with van der Waals surface area (Å²) in [5.41, 5.74) is 6.83. The fourth-order valence-corrected chi connectivity index (χ4v) is 8.60. The molecule has 3 aromatic carbocycles. The van der Waals surface area contributed by atoms with Crippen molar-refractivity contribution in [1.82, 2.24) is 30.2 Å². The molecule has 54 heavy (non-hydrogen) atoms. The highest BCUT2D eigenvalue weighted by atomic mass is 79.9. The maximum absolute atomic E-state index is 13.4. The van der Waals surface area contributed by atoms with E-state index < -0.39 is 13.2 Å². The van der Waals surface area contributed by atoms with Crippen LogP contribution in [0.4, 0.5) is 34.5 Å². The Balaban J connectivity index is 1.01. The number of nitrogens with one attached hydrogen (secondary N) is 4. The maximum Gasteiger partial charge on any atom is 0.249 e. The number of aryl methyl sites for hydroxylation is 1. The van der Waals surface area contributed by atoms with Gasteiger partial charge in [0.2, 0.25) is 17.8 Å². The summed E-state index contributed by atoms with van der Waals surface area (Å²) in [5.74, 6) is 1.01. The van der Waals surface area contributed by atoms with Crippen LogP contribution in [-0.4, -0.2) is 89.3 Å². The number of piperidine rings is 1. The fourth-order valence-electron chi connectivity index (χ4n) is 6.91. The molecular formula is C38H42BrN10O4P. The van der Waals surface area contributed by atoms with Gasteiger partial charge in [-0.15, -0.1) is 0 Å². The van der Waals surface area contributed by atoms with E-state index in [1.807, 2.05) is 30.3 Å². The predicted molar refractivity (Wildman–Crippen MR) is 216 cm³/mol. The number of nitrogens with zero attached hydrogens (tertiary/aromatic N) is 6. The van der Waals surface area contributed by atoms with Crippen molar-refractivity contribution in [3.05, 3.63) is 82.7 Å². The molecule has 2 aliphatic heterocycles. The number of ether oxygens (including phenoxy) is 1. The van der Waals surface area contributed by atoms with E-state index in [-0.39, 0.29) is 11.8 Å². The van der Waals surface area contributed by atoms with E-state index in [0.29, 0.717) is 56.9 Å². The lowest BCUT2D eigenvalue weighted by Gasteiger charge is -2.37. The van der Waals surface area contributed by atoms with Gasteiger partial charge < -0.3 is 30.2 Å². The number of halogens is 1. The molecule has 14 nitrogen and oxygen atoms in total. The molecule has 1 unspecified atom stereocenters. The number of amides is 2. The molecule has 2 aliphatic rings. The van der Waals surface area contributed by atoms with Gasteiger partial charge in [0.05, 0.1) is 33.8 Å². The van der Waals surface area contributed by atoms with Crippen molar-refractivity contribution in [3.8, 4) is 5.75 Å². The number of benzene rings is 3.